The number of azo groups is 1. The van der Waals surface area contributed by atoms with Crippen molar-refractivity contribution in [2.45, 2.75) is 12.5 Å². The van der Waals surface area contributed by atoms with E-state index in [0.29, 0.717) is 17.2 Å². The van der Waals surface area contributed by atoms with Crippen LogP contribution in [-0.2, 0) is 11.2 Å². The number of hydrogen-bond donors (Lipinski definition) is 1. The van der Waals surface area contributed by atoms with E-state index in [2.05, 4.69) is 15.2 Å². The fourth-order valence-corrected chi connectivity index (χ4v) is 4.52. The van der Waals surface area contributed by atoms with E-state index in [1.54, 1.807) is 20.3 Å². The maximum atomic E-state index is 11.9. The minimum atomic E-state index is -1.32. The van der Waals surface area contributed by atoms with Crippen molar-refractivity contribution in [1.82, 2.24) is 4.98 Å². The molecule has 0 fully saturated rings. The summed E-state index contributed by atoms with van der Waals surface area (Å²) in [7, 11) is 3.17. The lowest BCUT2D eigenvalue weighted by Crippen LogP contribution is -2.20. The largest absolute Gasteiger partial charge is 0.497 e. The lowest BCUT2D eigenvalue weighted by atomic mass is 10.0. The Morgan fingerprint density at radius 2 is 1.59 bits per heavy atom. The standard InChI is InChI=1S/C26H22N4O6S/c1-35-19-11-7-16(8-12-19)23-24(17-9-13-20(36-2)14-10-17)37-26(27-23)29-28-21(25(31)32)15-18-5-3-4-6-22(18)30(33)34/h3-14,21H,15H2,1-2H3,(H,31,32). The molecule has 1 heterocycles. The van der Waals surface area contributed by atoms with Gasteiger partial charge in [-0.3, -0.25) is 10.1 Å². The van der Waals surface area contributed by atoms with Crippen LogP contribution in [0.15, 0.2) is 83.0 Å². The number of ether oxygens (including phenoxy) is 2. The number of thiazole rings is 1. The Balaban J connectivity index is 1.70. The molecule has 188 valence electrons. The highest BCUT2D eigenvalue weighted by Crippen LogP contribution is 2.41. The molecule has 10 nitrogen and oxygen atoms in total. The smallest absolute Gasteiger partial charge is 0.330 e. The minimum absolute atomic E-state index is 0.165. The van der Waals surface area contributed by atoms with Gasteiger partial charge in [-0.1, -0.05) is 29.5 Å². The highest BCUT2D eigenvalue weighted by atomic mass is 32.1. The summed E-state index contributed by atoms with van der Waals surface area (Å²) in [5.41, 5.74) is 2.44. The number of methoxy groups -OCH3 is 2. The van der Waals surface area contributed by atoms with Crippen LogP contribution < -0.4 is 9.47 Å². The Labute approximate surface area is 216 Å². The van der Waals surface area contributed by atoms with Crippen molar-refractivity contribution in [3.05, 3.63) is 88.5 Å². The van der Waals surface area contributed by atoms with Crippen LogP contribution in [-0.4, -0.2) is 41.2 Å². The van der Waals surface area contributed by atoms with Gasteiger partial charge in [0.15, 0.2) is 6.04 Å². The highest BCUT2D eigenvalue weighted by molar-refractivity contribution is 7.19. The van der Waals surface area contributed by atoms with Crippen molar-refractivity contribution >= 4 is 28.1 Å². The molecule has 0 bridgehead atoms. The molecule has 0 aliphatic carbocycles. The zero-order valence-electron chi connectivity index (χ0n) is 19.9. The van der Waals surface area contributed by atoms with E-state index in [1.807, 2.05) is 48.5 Å². The Hall–Kier alpha value is -4.64. The van der Waals surface area contributed by atoms with E-state index in [9.17, 15) is 20.0 Å². The van der Waals surface area contributed by atoms with Crippen LogP contribution in [0.5, 0.6) is 11.5 Å². The Kier molecular flexibility index (Phi) is 7.84. The van der Waals surface area contributed by atoms with Crippen LogP contribution in [0.3, 0.4) is 0 Å². The van der Waals surface area contributed by atoms with Gasteiger partial charge < -0.3 is 14.6 Å². The third-order valence-corrected chi connectivity index (χ3v) is 6.49. The van der Waals surface area contributed by atoms with E-state index >= 15 is 0 Å². The third kappa shape index (κ3) is 5.96. The van der Waals surface area contributed by atoms with E-state index < -0.39 is 16.9 Å². The molecule has 4 rings (SSSR count). The molecular formula is C26H22N4O6S. The van der Waals surface area contributed by atoms with Gasteiger partial charge in [0.05, 0.1) is 29.7 Å². The number of carboxylic acids is 1. The number of para-hydroxylation sites is 1. The number of rotatable bonds is 10. The Morgan fingerprint density at radius 3 is 2.16 bits per heavy atom. The fourth-order valence-electron chi connectivity index (χ4n) is 3.60. The molecule has 0 saturated heterocycles. The first-order valence-electron chi connectivity index (χ1n) is 11.0. The molecule has 1 N–H and O–H groups in total. The Bertz CT molecular complexity index is 1370. The number of hydrogen-bond acceptors (Lipinski definition) is 9. The normalized spacial score (nSPS) is 11.8. The number of nitro benzene ring substituents is 1. The fraction of sp³-hybridized carbons (Fsp3) is 0.154. The summed E-state index contributed by atoms with van der Waals surface area (Å²) in [6, 6.07) is 19.5. The van der Waals surface area contributed by atoms with Crippen LogP contribution in [0.25, 0.3) is 21.7 Å². The van der Waals surface area contributed by atoms with Crippen LogP contribution in [0, 0.1) is 10.1 Å². The predicted molar refractivity (Wildman–Crippen MR) is 139 cm³/mol. The number of carboxylic acid groups (broad SMARTS) is 1. The van der Waals surface area contributed by atoms with E-state index in [4.69, 9.17) is 9.47 Å². The van der Waals surface area contributed by atoms with Gasteiger partial charge in [-0.15, -0.1) is 5.11 Å². The van der Waals surface area contributed by atoms with Gasteiger partial charge in [-0.25, -0.2) is 9.78 Å². The number of nitrogens with zero attached hydrogens (tertiary/aromatic N) is 4. The van der Waals surface area contributed by atoms with E-state index in [1.165, 1.54) is 29.5 Å². The first-order chi connectivity index (χ1) is 17.9. The summed E-state index contributed by atoms with van der Waals surface area (Å²) in [6.45, 7) is 0. The number of aromatic nitrogens is 1. The second-order valence-corrected chi connectivity index (χ2v) is 8.77. The SMILES string of the molecule is COc1ccc(-c2nc(N=NC(Cc3ccccc3[N+](=O)[O-])C(=O)O)sc2-c2ccc(OC)cc2)cc1. The van der Waals surface area contributed by atoms with Crippen molar-refractivity contribution in [2.75, 3.05) is 14.2 Å². The summed E-state index contributed by atoms with van der Waals surface area (Å²) in [6.07, 6.45) is -0.183. The van der Waals surface area contributed by atoms with Gasteiger partial charge in [0.2, 0.25) is 5.13 Å². The van der Waals surface area contributed by atoms with Gasteiger partial charge in [0.1, 0.15) is 11.5 Å². The van der Waals surface area contributed by atoms with Gasteiger partial charge in [-0.05, 0) is 54.1 Å². The highest BCUT2D eigenvalue weighted by Gasteiger charge is 2.23. The molecule has 0 aliphatic rings. The maximum absolute atomic E-state index is 11.9. The van der Waals surface area contributed by atoms with Crippen LogP contribution in [0.1, 0.15) is 5.56 Å². The van der Waals surface area contributed by atoms with Crippen molar-refractivity contribution in [3.63, 3.8) is 0 Å². The van der Waals surface area contributed by atoms with Crippen molar-refractivity contribution in [1.29, 1.82) is 0 Å². The molecule has 0 spiro atoms. The van der Waals surface area contributed by atoms with Gasteiger partial charge in [-0.2, -0.15) is 5.11 Å². The molecule has 0 saturated carbocycles. The summed E-state index contributed by atoms with van der Waals surface area (Å²) < 4.78 is 10.5. The predicted octanol–water partition coefficient (Wildman–Crippen LogP) is 6.18. The second-order valence-electron chi connectivity index (χ2n) is 7.79. The number of carbonyl (C=O) groups is 1. The first kappa shape index (κ1) is 25.5. The second kappa shape index (κ2) is 11.4. The van der Waals surface area contributed by atoms with Crippen molar-refractivity contribution in [2.24, 2.45) is 10.2 Å². The third-order valence-electron chi connectivity index (χ3n) is 5.50. The summed E-state index contributed by atoms with van der Waals surface area (Å²) >= 11 is 1.25. The lowest BCUT2D eigenvalue weighted by molar-refractivity contribution is -0.385. The van der Waals surface area contributed by atoms with Crippen molar-refractivity contribution < 1.29 is 24.3 Å². The van der Waals surface area contributed by atoms with Crippen LogP contribution in [0.4, 0.5) is 10.8 Å². The quantitative estimate of drug-likeness (QED) is 0.150. The molecule has 3 aromatic carbocycles. The summed E-state index contributed by atoms with van der Waals surface area (Å²) in [5, 5.41) is 29.4. The zero-order chi connectivity index (χ0) is 26.4. The topological polar surface area (TPSA) is 137 Å². The molecule has 0 radical (unpaired) electrons. The average Bonchev–Trinajstić information content (AvgIpc) is 3.35. The Morgan fingerprint density at radius 1 is 1.00 bits per heavy atom. The zero-order valence-corrected chi connectivity index (χ0v) is 20.7. The van der Waals surface area contributed by atoms with Gasteiger partial charge >= 0.3 is 5.97 Å². The first-order valence-corrected chi connectivity index (χ1v) is 11.9. The van der Waals surface area contributed by atoms with Gasteiger partial charge in [0.25, 0.3) is 5.69 Å². The van der Waals surface area contributed by atoms with Crippen LogP contribution in [0.2, 0.25) is 0 Å². The molecule has 0 amide bonds. The molecule has 0 aliphatic heterocycles. The number of benzene rings is 3. The maximum Gasteiger partial charge on any atom is 0.330 e. The van der Waals surface area contributed by atoms with E-state index in [0.717, 1.165) is 16.0 Å². The molecule has 1 atom stereocenters. The molecule has 1 aromatic heterocycles. The number of nitro groups is 1. The minimum Gasteiger partial charge on any atom is -0.497 e. The lowest BCUT2D eigenvalue weighted by Gasteiger charge is -2.06. The molecule has 1 unspecified atom stereocenters. The van der Waals surface area contributed by atoms with Crippen LogP contribution >= 0.6 is 11.3 Å². The average molecular weight is 519 g/mol. The van der Waals surface area contributed by atoms with E-state index in [-0.39, 0.29) is 22.8 Å². The molecule has 11 heteroatoms. The summed E-state index contributed by atoms with van der Waals surface area (Å²) in [5.74, 6) is 0.159. The van der Waals surface area contributed by atoms with Crippen molar-refractivity contribution in [3.8, 4) is 33.2 Å². The monoisotopic (exact) mass is 518 g/mol. The van der Waals surface area contributed by atoms with Gasteiger partial charge in [0, 0.05) is 23.6 Å². The molecular weight excluding hydrogens is 496 g/mol. The summed E-state index contributed by atoms with van der Waals surface area (Å²) in [4.78, 5) is 28.1. The molecule has 4 aromatic rings. The molecule has 37 heavy (non-hydrogen) atoms. The number of aliphatic carboxylic acids is 1.